The second kappa shape index (κ2) is 10.8. The maximum Gasteiger partial charge on any atom is 0.341 e. The number of esters is 1. The zero-order valence-corrected chi connectivity index (χ0v) is 23.9. The monoisotopic (exact) mass is 596 g/mol. The molecule has 2 aromatic carbocycles. The molecule has 1 aromatic heterocycles. The van der Waals surface area contributed by atoms with E-state index in [1.165, 1.54) is 28.4 Å². The lowest BCUT2D eigenvalue weighted by molar-refractivity contribution is -0.121. The first kappa shape index (κ1) is 27.3. The zero-order valence-electron chi connectivity index (χ0n) is 22.3. The van der Waals surface area contributed by atoms with E-state index in [1.54, 1.807) is 37.3 Å². The molecule has 1 unspecified atom stereocenters. The minimum Gasteiger partial charge on any atom is -0.462 e. The molecule has 0 spiro atoms. The molecule has 3 aromatic rings. The fourth-order valence-electron chi connectivity index (χ4n) is 5.55. The Bertz CT molecular complexity index is 1660. The number of ether oxygens (including phenoxy) is 3. The van der Waals surface area contributed by atoms with Crippen LogP contribution in [0.1, 0.15) is 57.8 Å². The summed E-state index contributed by atoms with van der Waals surface area (Å²) in [7, 11) is -4.03. The minimum atomic E-state index is -4.03. The van der Waals surface area contributed by atoms with Crippen molar-refractivity contribution in [2.75, 3.05) is 30.2 Å². The van der Waals surface area contributed by atoms with E-state index in [0.29, 0.717) is 27.6 Å². The number of para-hydroxylation sites is 1. The molecule has 0 fully saturated rings. The average Bonchev–Trinajstić information content (AvgIpc) is 3.56. The quantitative estimate of drug-likeness (QED) is 0.414. The van der Waals surface area contributed by atoms with E-state index in [1.807, 2.05) is 0 Å². The van der Waals surface area contributed by atoms with Gasteiger partial charge in [-0.25, -0.2) is 13.2 Å². The van der Waals surface area contributed by atoms with Crippen LogP contribution in [0.15, 0.2) is 47.4 Å². The number of hydrogen-bond donors (Lipinski definition) is 1. The fraction of sp³-hybridized carbons (Fsp3) is 0.345. The van der Waals surface area contributed by atoms with Gasteiger partial charge in [0, 0.05) is 11.3 Å². The van der Waals surface area contributed by atoms with Crippen molar-refractivity contribution in [3.8, 4) is 11.5 Å². The number of benzene rings is 2. The van der Waals surface area contributed by atoms with Crippen LogP contribution in [0.25, 0.3) is 0 Å². The SMILES string of the molecule is CCOC(=O)c1c(NC(=O)CN2C(=O)CC(c3ccc4c(c3)OCO4)S(=O)(=O)c3ccccc32)sc2c1CCCC2. The summed E-state index contributed by atoms with van der Waals surface area (Å²) in [4.78, 5) is 42.1. The smallest absolute Gasteiger partial charge is 0.341 e. The first-order valence-electron chi connectivity index (χ1n) is 13.4. The Morgan fingerprint density at radius 2 is 1.88 bits per heavy atom. The van der Waals surface area contributed by atoms with E-state index in [0.717, 1.165) is 36.1 Å². The van der Waals surface area contributed by atoms with E-state index in [9.17, 15) is 22.8 Å². The number of aryl methyl sites for hydroxylation is 1. The molecule has 6 rings (SSSR count). The van der Waals surface area contributed by atoms with Crippen LogP contribution in [0, 0.1) is 0 Å². The third kappa shape index (κ3) is 4.95. The number of carbonyl (C=O) groups is 3. The zero-order chi connectivity index (χ0) is 28.7. The van der Waals surface area contributed by atoms with E-state index in [2.05, 4.69) is 5.32 Å². The summed E-state index contributed by atoms with van der Waals surface area (Å²) >= 11 is 1.35. The maximum absolute atomic E-state index is 13.9. The summed E-state index contributed by atoms with van der Waals surface area (Å²) in [6.07, 6.45) is 3.13. The molecule has 41 heavy (non-hydrogen) atoms. The van der Waals surface area contributed by atoms with Crippen molar-refractivity contribution in [2.24, 2.45) is 0 Å². The highest BCUT2D eigenvalue weighted by Crippen LogP contribution is 2.44. The predicted molar refractivity (Wildman–Crippen MR) is 151 cm³/mol. The molecule has 2 amide bonds. The van der Waals surface area contributed by atoms with Gasteiger partial charge in [-0.1, -0.05) is 18.2 Å². The summed E-state index contributed by atoms with van der Waals surface area (Å²) in [5, 5.41) is 2.03. The van der Waals surface area contributed by atoms with Crippen molar-refractivity contribution >= 4 is 49.6 Å². The molecule has 3 aliphatic rings. The highest BCUT2D eigenvalue weighted by molar-refractivity contribution is 7.92. The van der Waals surface area contributed by atoms with Crippen LogP contribution >= 0.6 is 11.3 Å². The molecule has 0 bridgehead atoms. The molecule has 3 heterocycles. The molecule has 0 saturated carbocycles. The highest BCUT2D eigenvalue weighted by atomic mass is 32.2. The predicted octanol–water partition coefficient (Wildman–Crippen LogP) is 4.42. The lowest BCUT2D eigenvalue weighted by Crippen LogP contribution is -2.38. The number of sulfone groups is 1. The molecule has 214 valence electrons. The number of anilines is 2. The van der Waals surface area contributed by atoms with Crippen LogP contribution in [0.4, 0.5) is 10.7 Å². The van der Waals surface area contributed by atoms with Crippen LogP contribution in [-0.4, -0.2) is 46.1 Å². The Hall–Kier alpha value is -3.90. The Labute approximate surface area is 241 Å². The van der Waals surface area contributed by atoms with Gasteiger partial charge in [0.05, 0.1) is 28.0 Å². The van der Waals surface area contributed by atoms with Crippen molar-refractivity contribution in [3.05, 3.63) is 64.0 Å². The van der Waals surface area contributed by atoms with Crippen molar-refractivity contribution < 1.29 is 37.0 Å². The average molecular weight is 597 g/mol. The molecule has 0 saturated heterocycles. The van der Waals surface area contributed by atoms with Crippen LogP contribution in [0.2, 0.25) is 0 Å². The van der Waals surface area contributed by atoms with Gasteiger partial charge in [0.1, 0.15) is 11.5 Å². The second-order valence-electron chi connectivity index (χ2n) is 9.98. The van der Waals surface area contributed by atoms with Gasteiger partial charge in [0.15, 0.2) is 21.3 Å². The first-order valence-corrected chi connectivity index (χ1v) is 15.8. The van der Waals surface area contributed by atoms with Crippen LogP contribution in [0.3, 0.4) is 0 Å². The summed E-state index contributed by atoms with van der Waals surface area (Å²) in [6, 6.07) is 11.0. The van der Waals surface area contributed by atoms with Crippen LogP contribution < -0.4 is 19.7 Å². The minimum absolute atomic E-state index is 0.0337. The molecule has 0 radical (unpaired) electrons. The van der Waals surface area contributed by atoms with Gasteiger partial charge in [-0.15, -0.1) is 11.3 Å². The number of rotatable bonds is 6. The number of amides is 2. The number of nitrogens with zero attached hydrogens (tertiary/aromatic N) is 1. The number of carbonyl (C=O) groups excluding carboxylic acids is 3. The normalized spacial score (nSPS) is 18.7. The molecule has 1 atom stereocenters. The molecular formula is C29H28N2O8S2. The Morgan fingerprint density at radius 1 is 1.10 bits per heavy atom. The third-order valence-corrected chi connectivity index (χ3v) is 10.8. The van der Waals surface area contributed by atoms with Gasteiger partial charge in [-0.05, 0) is 68.0 Å². The largest absolute Gasteiger partial charge is 0.462 e. The van der Waals surface area contributed by atoms with Gasteiger partial charge in [0.25, 0.3) is 0 Å². The lowest BCUT2D eigenvalue weighted by Gasteiger charge is -2.21. The van der Waals surface area contributed by atoms with Crippen molar-refractivity contribution in [1.82, 2.24) is 0 Å². The van der Waals surface area contributed by atoms with Crippen molar-refractivity contribution in [1.29, 1.82) is 0 Å². The Morgan fingerprint density at radius 3 is 2.71 bits per heavy atom. The summed E-state index contributed by atoms with van der Waals surface area (Å²) in [5.74, 6) is -0.642. The molecular weight excluding hydrogens is 568 g/mol. The van der Waals surface area contributed by atoms with E-state index in [4.69, 9.17) is 14.2 Å². The summed E-state index contributed by atoms with van der Waals surface area (Å²) in [5.41, 5.74) is 1.80. The van der Waals surface area contributed by atoms with E-state index < -0.39 is 39.4 Å². The Balaban J connectivity index is 1.31. The second-order valence-corrected chi connectivity index (χ2v) is 13.2. The topological polar surface area (TPSA) is 128 Å². The van der Waals surface area contributed by atoms with Crippen molar-refractivity contribution in [3.63, 3.8) is 0 Å². The fourth-order valence-corrected chi connectivity index (χ4v) is 8.76. The van der Waals surface area contributed by atoms with Gasteiger partial charge >= 0.3 is 5.97 Å². The van der Waals surface area contributed by atoms with Crippen molar-refractivity contribution in [2.45, 2.75) is 49.2 Å². The van der Waals surface area contributed by atoms with E-state index >= 15 is 0 Å². The number of nitrogens with one attached hydrogen (secondary N) is 1. The van der Waals surface area contributed by atoms with Crippen LogP contribution in [0.5, 0.6) is 11.5 Å². The number of fused-ring (bicyclic) bond motifs is 3. The van der Waals surface area contributed by atoms with Gasteiger partial charge < -0.3 is 24.4 Å². The molecule has 1 N–H and O–H groups in total. The third-order valence-electron chi connectivity index (χ3n) is 7.47. The first-order chi connectivity index (χ1) is 19.8. The standard InChI is InChI=1S/C29H28N2O8S2/c1-2-37-29(34)27-18-7-3-5-9-22(18)40-28(27)30-25(32)15-31-19-8-4-6-10-23(19)41(35,36)24(14-26(31)33)17-11-12-20-21(13-17)39-16-38-20/h4,6,8,10-13,24H,2-3,5,7,9,14-16H2,1H3,(H,30,32). The molecule has 12 heteroatoms. The molecule has 10 nitrogen and oxygen atoms in total. The summed E-state index contributed by atoms with van der Waals surface area (Å²) < 4.78 is 43.8. The van der Waals surface area contributed by atoms with Gasteiger partial charge in [-0.2, -0.15) is 0 Å². The maximum atomic E-state index is 13.9. The summed E-state index contributed by atoms with van der Waals surface area (Å²) in [6.45, 7) is 1.53. The van der Waals surface area contributed by atoms with Crippen LogP contribution in [-0.2, 0) is 37.0 Å². The lowest BCUT2D eigenvalue weighted by atomic mass is 9.95. The van der Waals surface area contributed by atoms with Gasteiger partial charge in [0.2, 0.25) is 18.6 Å². The Kier molecular flexibility index (Phi) is 7.20. The number of hydrogen-bond acceptors (Lipinski definition) is 9. The molecule has 2 aliphatic heterocycles. The highest BCUT2D eigenvalue weighted by Gasteiger charge is 2.40. The van der Waals surface area contributed by atoms with E-state index in [-0.39, 0.29) is 30.4 Å². The molecule has 1 aliphatic carbocycles. The van der Waals surface area contributed by atoms with Gasteiger partial charge in [-0.3, -0.25) is 9.59 Å². The number of thiophene rings is 1.